The molecular formula is C24H34N4O3. The summed E-state index contributed by atoms with van der Waals surface area (Å²) in [6.07, 6.45) is 8.05. The number of ether oxygens (including phenoxy) is 1. The van der Waals surface area contributed by atoms with Crippen molar-refractivity contribution >= 4 is 5.91 Å². The molecule has 0 radical (unpaired) electrons. The molecule has 1 saturated carbocycles. The number of carbonyl (C=O) groups excluding carboxylic acids is 1. The lowest BCUT2D eigenvalue weighted by Crippen LogP contribution is -2.40. The quantitative estimate of drug-likeness (QED) is 0.616. The van der Waals surface area contributed by atoms with E-state index < -0.39 is 0 Å². The Hall–Kier alpha value is -2.25. The highest BCUT2D eigenvalue weighted by molar-refractivity contribution is 5.78. The minimum Gasteiger partial charge on any atom is -0.378 e. The van der Waals surface area contributed by atoms with Crippen molar-refractivity contribution < 1.29 is 14.1 Å². The van der Waals surface area contributed by atoms with Crippen molar-refractivity contribution in [2.75, 3.05) is 26.2 Å². The summed E-state index contributed by atoms with van der Waals surface area (Å²) in [5, 5.41) is 7.21. The molecule has 31 heavy (non-hydrogen) atoms. The van der Waals surface area contributed by atoms with Gasteiger partial charge in [0.2, 0.25) is 17.6 Å². The average Bonchev–Trinajstić information content (AvgIpc) is 3.46. The van der Waals surface area contributed by atoms with E-state index in [0.29, 0.717) is 30.9 Å². The molecule has 2 aromatic rings. The van der Waals surface area contributed by atoms with Crippen LogP contribution in [-0.4, -0.2) is 53.3 Å². The van der Waals surface area contributed by atoms with Crippen molar-refractivity contribution in [2.24, 2.45) is 5.92 Å². The van der Waals surface area contributed by atoms with Crippen LogP contribution in [0.3, 0.4) is 0 Å². The number of rotatable bonds is 9. The predicted molar refractivity (Wildman–Crippen MR) is 118 cm³/mol. The highest BCUT2D eigenvalue weighted by atomic mass is 16.5. The molecule has 1 aromatic heterocycles. The Morgan fingerprint density at radius 2 is 2.03 bits per heavy atom. The van der Waals surface area contributed by atoms with Crippen LogP contribution in [0.25, 0.3) is 11.4 Å². The third-order valence-corrected chi connectivity index (χ3v) is 6.34. The molecule has 1 amide bonds. The van der Waals surface area contributed by atoms with E-state index in [2.05, 4.69) is 39.4 Å². The molecule has 2 fully saturated rings. The number of nitrogens with one attached hydrogen (secondary N) is 1. The van der Waals surface area contributed by atoms with Crippen LogP contribution < -0.4 is 5.32 Å². The molecule has 1 aliphatic heterocycles. The molecule has 0 spiro atoms. The zero-order valence-corrected chi connectivity index (χ0v) is 18.5. The van der Waals surface area contributed by atoms with Gasteiger partial charge in [-0.05, 0) is 58.2 Å². The van der Waals surface area contributed by atoms with E-state index >= 15 is 0 Å². The van der Waals surface area contributed by atoms with Gasteiger partial charge in [-0.2, -0.15) is 4.98 Å². The molecule has 168 valence electrons. The van der Waals surface area contributed by atoms with Crippen LogP contribution in [-0.2, 0) is 16.1 Å². The fourth-order valence-corrected chi connectivity index (χ4v) is 4.50. The first-order valence-electron chi connectivity index (χ1n) is 11.7. The highest BCUT2D eigenvalue weighted by Crippen LogP contribution is 2.22. The number of aryl methyl sites for hydroxylation is 1. The molecule has 1 aliphatic carbocycles. The van der Waals surface area contributed by atoms with Crippen molar-refractivity contribution in [1.29, 1.82) is 0 Å². The number of likely N-dealkylation sites (tertiary alicyclic amines) is 1. The van der Waals surface area contributed by atoms with Crippen LogP contribution in [0.15, 0.2) is 28.8 Å². The Balaban J connectivity index is 1.14. The van der Waals surface area contributed by atoms with Crippen LogP contribution in [0, 0.1) is 12.8 Å². The molecule has 4 rings (SSSR count). The van der Waals surface area contributed by atoms with Crippen LogP contribution in [0.5, 0.6) is 0 Å². The van der Waals surface area contributed by atoms with Crippen LogP contribution >= 0.6 is 0 Å². The van der Waals surface area contributed by atoms with Gasteiger partial charge in [-0.25, -0.2) is 0 Å². The molecule has 7 heteroatoms. The summed E-state index contributed by atoms with van der Waals surface area (Å²) >= 11 is 0. The lowest BCUT2D eigenvalue weighted by Gasteiger charge is -2.30. The maximum Gasteiger partial charge on any atom is 0.241 e. The lowest BCUT2D eigenvalue weighted by atomic mass is 9.96. The second kappa shape index (κ2) is 10.9. The van der Waals surface area contributed by atoms with Crippen molar-refractivity contribution in [1.82, 2.24) is 20.4 Å². The molecule has 2 heterocycles. The number of piperidine rings is 1. The van der Waals surface area contributed by atoms with Crippen LogP contribution in [0.4, 0.5) is 0 Å². The number of hydrogen-bond acceptors (Lipinski definition) is 6. The van der Waals surface area contributed by atoms with Gasteiger partial charge in [0.25, 0.3) is 0 Å². The van der Waals surface area contributed by atoms with Crippen LogP contribution in [0.1, 0.15) is 56.4 Å². The average molecular weight is 427 g/mol. The standard InChI is InChI=1S/C24H34N4O3/c1-18-6-4-7-20(16-18)23-26-22(31-27-23)17-28-13-10-19(11-14-28)24(29)25-12-5-15-30-21-8-2-3-9-21/h4,6-7,16,19,21H,2-3,5,8-15,17H2,1H3,(H,25,29). The fraction of sp³-hybridized carbons (Fsp3) is 0.625. The first-order chi connectivity index (χ1) is 15.2. The highest BCUT2D eigenvalue weighted by Gasteiger charge is 2.26. The number of aromatic nitrogens is 2. The summed E-state index contributed by atoms with van der Waals surface area (Å²) < 4.78 is 11.3. The van der Waals surface area contributed by atoms with Gasteiger partial charge >= 0.3 is 0 Å². The van der Waals surface area contributed by atoms with Gasteiger partial charge in [0.15, 0.2) is 0 Å². The third-order valence-electron chi connectivity index (χ3n) is 6.34. The maximum atomic E-state index is 12.5. The molecule has 0 atom stereocenters. The van der Waals surface area contributed by atoms with E-state index in [0.717, 1.165) is 44.5 Å². The third kappa shape index (κ3) is 6.37. The Labute approximate surface area is 184 Å². The molecule has 0 unspecified atom stereocenters. The number of amides is 1. The largest absolute Gasteiger partial charge is 0.378 e. The maximum absolute atomic E-state index is 12.5. The van der Waals surface area contributed by atoms with E-state index in [1.807, 2.05) is 12.1 Å². The second-order valence-electron chi connectivity index (χ2n) is 8.85. The van der Waals surface area contributed by atoms with E-state index in [9.17, 15) is 4.79 Å². The molecule has 1 saturated heterocycles. The summed E-state index contributed by atoms with van der Waals surface area (Å²) in [7, 11) is 0. The fourth-order valence-electron chi connectivity index (χ4n) is 4.50. The lowest BCUT2D eigenvalue weighted by molar-refractivity contribution is -0.126. The SMILES string of the molecule is Cc1cccc(-c2noc(CN3CCC(C(=O)NCCCOC4CCCC4)CC3)n2)c1. The topological polar surface area (TPSA) is 80.5 Å². The van der Waals surface area contributed by atoms with E-state index in [1.165, 1.54) is 31.2 Å². The van der Waals surface area contributed by atoms with E-state index in [4.69, 9.17) is 9.26 Å². The van der Waals surface area contributed by atoms with Gasteiger partial charge in [0, 0.05) is 24.6 Å². The Bertz CT molecular complexity index is 839. The first-order valence-corrected chi connectivity index (χ1v) is 11.7. The smallest absolute Gasteiger partial charge is 0.241 e. The molecule has 2 aliphatic rings. The normalized spacial score (nSPS) is 18.5. The minimum absolute atomic E-state index is 0.0949. The molecule has 0 bridgehead atoms. The zero-order valence-electron chi connectivity index (χ0n) is 18.5. The zero-order chi connectivity index (χ0) is 21.5. The van der Waals surface area contributed by atoms with Gasteiger partial charge in [-0.3, -0.25) is 9.69 Å². The molecule has 1 N–H and O–H groups in total. The Morgan fingerprint density at radius 1 is 1.23 bits per heavy atom. The predicted octanol–water partition coefficient (Wildman–Crippen LogP) is 3.72. The van der Waals surface area contributed by atoms with Gasteiger partial charge in [-0.15, -0.1) is 0 Å². The number of hydrogen-bond donors (Lipinski definition) is 1. The van der Waals surface area contributed by atoms with E-state index in [-0.39, 0.29) is 11.8 Å². The summed E-state index contributed by atoms with van der Waals surface area (Å²) in [5.74, 6) is 1.53. The van der Waals surface area contributed by atoms with Gasteiger partial charge in [0.1, 0.15) is 0 Å². The number of nitrogens with zero attached hydrogens (tertiary/aromatic N) is 3. The van der Waals surface area contributed by atoms with Crippen molar-refractivity contribution in [2.45, 2.75) is 64.5 Å². The molecular weight excluding hydrogens is 392 g/mol. The second-order valence-corrected chi connectivity index (χ2v) is 8.85. The Kier molecular flexibility index (Phi) is 7.70. The van der Waals surface area contributed by atoms with Gasteiger partial charge < -0.3 is 14.6 Å². The van der Waals surface area contributed by atoms with Crippen molar-refractivity contribution in [3.05, 3.63) is 35.7 Å². The van der Waals surface area contributed by atoms with Gasteiger partial charge in [0.05, 0.1) is 12.6 Å². The van der Waals surface area contributed by atoms with Gasteiger partial charge in [-0.1, -0.05) is 41.8 Å². The first kappa shape index (κ1) is 22.0. The number of carbonyl (C=O) groups is 1. The summed E-state index contributed by atoms with van der Waals surface area (Å²) in [5.41, 5.74) is 2.14. The van der Waals surface area contributed by atoms with Crippen molar-refractivity contribution in [3.63, 3.8) is 0 Å². The molecule has 7 nitrogen and oxygen atoms in total. The summed E-state index contributed by atoms with van der Waals surface area (Å²) in [4.78, 5) is 19.3. The summed E-state index contributed by atoms with van der Waals surface area (Å²) in [6.45, 7) is 5.87. The number of benzene rings is 1. The summed E-state index contributed by atoms with van der Waals surface area (Å²) in [6, 6.07) is 8.10. The molecule has 1 aromatic carbocycles. The van der Waals surface area contributed by atoms with Crippen molar-refractivity contribution in [3.8, 4) is 11.4 Å². The van der Waals surface area contributed by atoms with Crippen LogP contribution in [0.2, 0.25) is 0 Å². The minimum atomic E-state index is 0.0949. The Morgan fingerprint density at radius 3 is 2.81 bits per heavy atom. The monoisotopic (exact) mass is 426 g/mol. The van der Waals surface area contributed by atoms with E-state index in [1.54, 1.807) is 0 Å².